The fraction of sp³-hybridized carbons (Fsp3) is 0.533. The zero-order valence-corrected chi connectivity index (χ0v) is 11.4. The SMILES string of the molecule is CC(C)c1ccccc1NC1CCN(C)C(=O)C1. The van der Waals surface area contributed by atoms with Crippen LogP contribution in [-0.2, 0) is 4.79 Å². The fourth-order valence-corrected chi connectivity index (χ4v) is 2.42. The molecule has 0 aliphatic carbocycles. The minimum atomic E-state index is 0.237. The molecule has 1 saturated heterocycles. The topological polar surface area (TPSA) is 32.3 Å². The highest BCUT2D eigenvalue weighted by Gasteiger charge is 2.23. The zero-order chi connectivity index (χ0) is 13.1. The van der Waals surface area contributed by atoms with Crippen molar-refractivity contribution in [2.45, 2.75) is 38.6 Å². The molecular formula is C15H22N2O. The number of benzene rings is 1. The Balaban J connectivity index is 2.08. The van der Waals surface area contributed by atoms with Crippen LogP contribution in [0.3, 0.4) is 0 Å². The Kier molecular flexibility index (Phi) is 3.90. The van der Waals surface area contributed by atoms with Crippen molar-refractivity contribution in [3.63, 3.8) is 0 Å². The summed E-state index contributed by atoms with van der Waals surface area (Å²) in [5.74, 6) is 0.733. The Labute approximate surface area is 109 Å². The normalized spacial score (nSPS) is 20.3. The van der Waals surface area contributed by atoms with Crippen LogP contribution in [0.4, 0.5) is 5.69 Å². The van der Waals surface area contributed by atoms with Crippen molar-refractivity contribution in [2.24, 2.45) is 0 Å². The minimum Gasteiger partial charge on any atom is -0.381 e. The van der Waals surface area contributed by atoms with Crippen LogP contribution in [0.1, 0.15) is 38.2 Å². The molecule has 2 rings (SSSR count). The van der Waals surface area contributed by atoms with Gasteiger partial charge in [0.25, 0.3) is 0 Å². The lowest BCUT2D eigenvalue weighted by atomic mass is 9.99. The highest BCUT2D eigenvalue weighted by atomic mass is 16.2. The quantitative estimate of drug-likeness (QED) is 0.889. The van der Waals surface area contributed by atoms with Gasteiger partial charge in [-0.25, -0.2) is 0 Å². The van der Waals surface area contributed by atoms with E-state index < -0.39 is 0 Å². The van der Waals surface area contributed by atoms with Gasteiger partial charge in [-0.05, 0) is 24.0 Å². The lowest BCUT2D eigenvalue weighted by molar-refractivity contribution is -0.132. The van der Waals surface area contributed by atoms with Crippen molar-refractivity contribution >= 4 is 11.6 Å². The number of piperidine rings is 1. The summed E-state index contributed by atoms with van der Waals surface area (Å²) in [5.41, 5.74) is 2.50. The lowest BCUT2D eigenvalue weighted by Crippen LogP contribution is -2.41. The predicted octanol–water partition coefficient (Wildman–Crippen LogP) is 2.84. The van der Waals surface area contributed by atoms with Gasteiger partial charge in [0.1, 0.15) is 0 Å². The summed E-state index contributed by atoms with van der Waals surface area (Å²) in [5, 5.41) is 3.53. The number of rotatable bonds is 3. The van der Waals surface area contributed by atoms with E-state index >= 15 is 0 Å². The molecule has 0 aromatic heterocycles. The van der Waals surface area contributed by atoms with Crippen molar-refractivity contribution in [2.75, 3.05) is 18.9 Å². The van der Waals surface area contributed by atoms with Crippen LogP contribution in [0.5, 0.6) is 0 Å². The van der Waals surface area contributed by atoms with Crippen LogP contribution in [0.25, 0.3) is 0 Å². The third-order valence-corrected chi connectivity index (χ3v) is 3.60. The molecule has 1 atom stereocenters. The molecule has 0 bridgehead atoms. The molecular weight excluding hydrogens is 224 g/mol. The van der Waals surface area contributed by atoms with Crippen molar-refractivity contribution in [1.29, 1.82) is 0 Å². The maximum atomic E-state index is 11.7. The second-order valence-electron chi connectivity index (χ2n) is 5.39. The molecule has 18 heavy (non-hydrogen) atoms. The highest BCUT2D eigenvalue weighted by molar-refractivity contribution is 5.78. The molecule has 1 fully saturated rings. The van der Waals surface area contributed by atoms with Crippen LogP contribution >= 0.6 is 0 Å². The van der Waals surface area contributed by atoms with Gasteiger partial charge >= 0.3 is 0 Å². The minimum absolute atomic E-state index is 0.237. The molecule has 1 aromatic carbocycles. The fourth-order valence-electron chi connectivity index (χ4n) is 2.42. The number of hydrogen-bond donors (Lipinski definition) is 1. The standard InChI is InChI=1S/C15H22N2O/c1-11(2)13-6-4-5-7-14(13)16-12-8-9-17(3)15(18)10-12/h4-7,11-12,16H,8-10H2,1-3H3. The molecule has 1 amide bonds. The number of anilines is 1. The summed E-state index contributed by atoms with van der Waals surface area (Å²) < 4.78 is 0. The maximum absolute atomic E-state index is 11.7. The molecule has 1 aliphatic heterocycles. The Hall–Kier alpha value is -1.51. The highest BCUT2D eigenvalue weighted by Crippen LogP contribution is 2.26. The van der Waals surface area contributed by atoms with E-state index in [9.17, 15) is 4.79 Å². The van der Waals surface area contributed by atoms with E-state index in [1.165, 1.54) is 11.3 Å². The Morgan fingerprint density at radius 2 is 2.06 bits per heavy atom. The summed E-state index contributed by atoms with van der Waals surface area (Å²) in [6, 6.07) is 8.65. The van der Waals surface area contributed by atoms with E-state index in [0.717, 1.165) is 13.0 Å². The Morgan fingerprint density at radius 3 is 2.72 bits per heavy atom. The number of amides is 1. The van der Waals surface area contributed by atoms with E-state index in [2.05, 4.69) is 37.4 Å². The third kappa shape index (κ3) is 2.84. The number of likely N-dealkylation sites (tertiary alicyclic amines) is 1. The van der Waals surface area contributed by atoms with Gasteiger partial charge in [-0.3, -0.25) is 4.79 Å². The van der Waals surface area contributed by atoms with Gasteiger partial charge in [0.05, 0.1) is 0 Å². The first-order valence-corrected chi connectivity index (χ1v) is 6.67. The molecule has 1 heterocycles. The number of carbonyl (C=O) groups is 1. The average Bonchev–Trinajstić information content (AvgIpc) is 2.34. The van der Waals surface area contributed by atoms with Crippen LogP contribution in [0, 0.1) is 0 Å². The van der Waals surface area contributed by atoms with Crippen molar-refractivity contribution in [3.8, 4) is 0 Å². The Morgan fingerprint density at radius 1 is 1.33 bits per heavy atom. The largest absolute Gasteiger partial charge is 0.381 e. The third-order valence-electron chi connectivity index (χ3n) is 3.60. The molecule has 98 valence electrons. The predicted molar refractivity (Wildman–Crippen MR) is 74.8 cm³/mol. The van der Waals surface area contributed by atoms with Crippen LogP contribution < -0.4 is 5.32 Å². The van der Waals surface area contributed by atoms with Crippen LogP contribution in [0.15, 0.2) is 24.3 Å². The van der Waals surface area contributed by atoms with Gasteiger partial charge in [-0.15, -0.1) is 0 Å². The van der Waals surface area contributed by atoms with Crippen molar-refractivity contribution in [3.05, 3.63) is 29.8 Å². The smallest absolute Gasteiger partial charge is 0.224 e. The first-order chi connectivity index (χ1) is 8.58. The van der Waals surface area contributed by atoms with E-state index in [0.29, 0.717) is 12.3 Å². The number of carbonyl (C=O) groups excluding carboxylic acids is 1. The summed E-state index contributed by atoms with van der Waals surface area (Å²) in [6.45, 7) is 5.24. The monoisotopic (exact) mass is 246 g/mol. The van der Waals surface area contributed by atoms with Gasteiger partial charge in [-0.2, -0.15) is 0 Å². The van der Waals surface area contributed by atoms with Gasteiger partial charge < -0.3 is 10.2 Å². The average molecular weight is 246 g/mol. The summed E-state index contributed by atoms with van der Waals surface area (Å²) in [4.78, 5) is 13.5. The number of hydrogen-bond acceptors (Lipinski definition) is 2. The van der Waals surface area contributed by atoms with Gasteiger partial charge in [-0.1, -0.05) is 32.0 Å². The Bertz CT molecular complexity index is 428. The first-order valence-electron chi connectivity index (χ1n) is 6.67. The van der Waals surface area contributed by atoms with E-state index in [4.69, 9.17) is 0 Å². The summed E-state index contributed by atoms with van der Waals surface area (Å²) in [7, 11) is 1.88. The molecule has 1 aromatic rings. The molecule has 3 heteroatoms. The lowest BCUT2D eigenvalue weighted by Gasteiger charge is -2.30. The first kappa shape index (κ1) is 12.9. The van der Waals surface area contributed by atoms with E-state index in [1.54, 1.807) is 0 Å². The molecule has 1 unspecified atom stereocenters. The zero-order valence-electron chi connectivity index (χ0n) is 11.4. The van der Waals surface area contributed by atoms with Gasteiger partial charge in [0.2, 0.25) is 5.91 Å². The summed E-state index contributed by atoms with van der Waals surface area (Å²) in [6.07, 6.45) is 1.62. The maximum Gasteiger partial charge on any atom is 0.224 e. The molecule has 0 spiro atoms. The van der Waals surface area contributed by atoms with Gasteiger partial charge in [0.15, 0.2) is 0 Å². The molecule has 1 N–H and O–H groups in total. The number of para-hydroxylation sites is 1. The van der Waals surface area contributed by atoms with Crippen molar-refractivity contribution < 1.29 is 4.79 Å². The summed E-state index contributed by atoms with van der Waals surface area (Å²) >= 11 is 0. The van der Waals surface area contributed by atoms with Crippen LogP contribution in [-0.4, -0.2) is 30.4 Å². The molecule has 3 nitrogen and oxygen atoms in total. The van der Waals surface area contributed by atoms with E-state index in [1.807, 2.05) is 18.0 Å². The molecule has 0 radical (unpaired) electrons. The van der Waals surface area contributed by atoms with Crippen LogP contribution in [0.2, 0.25) is 0 Å². The molecule has 1 aliphatic rings. The number of nitrogens with zero attached hydrogens (tertiary/aromatic N) is 1. The van der Waals surface area contributed by atoms with E-state index in [-0.39, 0.29) is 11.9 Å². The number of nitrogens with one attached hydrogen (secondary N) is 1. The second kappa shape index (κ2) is 5.42. The second-order valence-corrected chi connectivity index (χ2v) is 5.39. The van der Waals surface area contributed by atoms with Gasteiger partial charge in [0, 0.05) is 31.7 Å². The van der Waals surface area contributed by atoms with Crippen molar-refractivity contribution in [1.82, 2.24) is 4.90 Å². The molecule has 0 saturated carbocycles.